The molecule has 0 spiro atoms. The van der Waals surface area contributed by atoms with Gasteiger partial charge in [-0.05, 0) is 61.0 Å². The summed E-state index contributed by atoms with van der Waals surface area (Å²) in [4.78, 5) is 0. The van der Waals surface area contributed by atoms with Crippen LogP contribution in [-0.2, 0) is 27.3 Å². The van der Waals surface area contributed by atoms with Crippen LogP contribution in [-0.4, -0.2) is 11.1 Å². The second kappa shape index (κ2) is 9.34. The van der Waals surface area contributed by atoms with Crippen LogP contribution in [0.25, 0.3) is 0 Å². The third kappa shape index (κ3) is 6.38. The summed E-state index contributed by atoms with van der Waals surface area (Å²) in [5.74, 6) is 0.0905. The van der Waals surface area contributed by atoms with Gasteiger partial charge in [0, 0.05) is 6.04 Å². The predicted octanol–water partition coefficient (Wildman–Crippen LogP) is 8.10. The van der Waals surface area contributed by atoms with Gasteiger partial charge in [-0.2, -0.15) is 0 Å². The van der Waals surface area contributed by atoms with Crippen LogP contribution in [0.3, 0.4) is 0 Å². The van der Waals surface area contributed by atoms with E-state index < -0.39 is 11.6 Å². The van der Waals surface area contributed by atoms with Gasteiger partial charge < -0.3 is 10.8 Å². The molecule has 35 heavy (non-hydrogen) atoms. The zero-order chi connectivity index (χ0) is 27.4. The van der Waals surface area contributed by atoms with Crippen LogP contribution in [0.5, 0.6) is 0 Å². The topological polar surface area (TPSA) is 46.2 Å². The van der Waals surface area contributed by atoms with Crippen LogP contribution in [0.1, 0.15) is 130 Å². The van der Waals surface area contributed by atoms with E-state index in [1.54, 1.807) is 0 Å². The van der Waals surface area contributed by atoms with E-state index in [-0.39, 0.29) is 27.6 Å². The molecule has 0 saturated carbocycles. The van der Waals surface area contributed by atoms with E-state index in [1.165, 1.54) is 22.3 Å². The second-order valence-corrected chi connectivity index (χ2v) is 15.1. The fourth-order valence-electron chi connectivity index (χ4n) is 4.46. The quantitative estimate of drug-likeness (QED) is 0.465. The summed E-state index contributed by atoms with van der Waals surface area (Å²) in [7, 11) is 0. The largest absolute Gasteiger partial charge is 0.379 e. The first kappa shape index (κ1) is 29.6. The van der Waals surface area contributed by atoms with E-state index in [2.05, 4.69) is 133 Å². The van der Waals surface area contributed by atoms with E-state index in [4.69, 9.17) is 5.73 Å². The van der Waals surface area contributed by atoms with Gasteiger partial charge >= 0.3 is 0 Å². The Morgan fingerprint density at radius 1 is 0.486 bits per heavy atom. The van der Waals surface area contributed by atoms with Gasteiger partial charge in [0.15, 0.2) is 0 Å². The molecule has 0 aliphatic heterocycles. The Balaban J connectivity index is 3.06. The van der Waals surface area contributed by atoms with Crippen LogP contribution in [0, 0.1) is 5.92 Å². The molecule has 0 radical (unpaired) electrons. The van der Waals surface area contributed by atoms with Crippen molar-refractivity contribution in [1.82, 2.24) is 0 Å². The average Bonchev–Trinajstić information content (AvgIpc) is 2.69. The lowest BCUT2D eigenvalue weighted by Crippen LogP contribution is -2.50. The van der Waals surface area contributed by atoms with Crippen molar-refractivity contribution < 1.29 is 5.11 Å². The predicted molar refractivity (Wildman–Crippen MR) is 153 cm³/mol. The van der Waals surface area contributed by atoms with E-state index in [0.717, 1.165) is 11.1 Å². The summed E-state index contributed by atoms with van der Waals surface area (Å²) in [5, 5.41) is 12.8. The molecule has 2 nitrogen and oxygen atoms in total. The summed E-state index contributed by atoms with van der Waals surface area (Å²) in [6.45, 7) is 31.0. The van der Waals surface area contributed by atoms with Crippen molar-refractivity contribution in [3.63, 3.8) is 0 Å². The van der Waals surface area contributed by atoms with E-state index in [0.29, 0.717) is 0 Å². The van der Waals surface area contributed by atoms with Crippen molar-refractivity contribution in [2.45, 2.75) is 130 Å². The number of aliphatic hydroxyl groups is 1. The van der Waals surface area contributed by atoms with E-state index in [1.807, 2.05) is 0 Å². The third-order valence-electron chi connectivity index (χ3n) is 7.41. The zero-order valence-electron chi connectivity index (χ0n) is 25.1. The molecule has 1 atom stereocenters. The van der Waals surface area contributed by atoms with E-state index in [9.17, 15) is 5.11 Å². The van der Waals surface area contributed by atoms with Gasteiger partial charge in [-0.3, -0.25) is 0 Å². The molecular weight excluding hydrogens is 426 g/mol. The Hall–Kier alpha value is -1.64. The lowest BCUT2D eigenvalue weighted by molar-refractivity contribution is 0.0348. The van der Waals surface area contributed by atoms with Gasteiger partial charge in [-0.1, -0.05) is 133 Å². The van der Waals surface area contributed by atoms with Crippen LogP contribution in [0.15, 0.2) is 36.4 Å². The first-order valence-electron chi connectivity index (χ1n) is 13.3. The Kier molecular flexibility index (Phi) is 7.90. The normalized spacial score (nSPS) is 15.0. The average molecular weight is 480 g/mol. The molecule has 0 aliphatic rings. The molecule has 0 heterocycles. The molecule has 3 N–H and O–H groups in total. The van der Waals surface area contributed by atoms with E-state index >= 15 is 0 Å². The summed E-state index contributed by atoms with van der Waals surface area (Å²) in [6.07, 6.45) is 0. The molecule has 2 heteroatoms. The lowest BCUT2D eigenvalue weighted by Gasteiger charge is -2.40. The van der Waals surface area contributed by atoms with Crippen LogP contribution >= 0.6 is 0 Å². The highest BCUT2D eigenvalue weighted by Crippen LogP contribution is 2.42. The van der Waals surface area contributed by atoms with Gasteiger partial charge in [0.05, 0.1) is 0 Å². The first-order chi connectivity index (χ1) is 15.5. The Bertz CT molecular complexity index is 893. The lowest BCUT2D eigenvalue weighted by atomic mass is 9.70. The van der Waals surface area contributed by atoms with Gasteiger partial charge in [-0.15, -0.1) is 0 Å². The highest BCUT2D eigenvalue weighted by molar-refractivity contribution is 5.49. The first-order valence-corrected chi connectivity index (χ1v) is 13.3. The van der Waals surface area contributed by atoms with Gasteiger partial charge in [0.2, 0.25) is 0 Å². The molecule has 0 bridgehead atoms. The molecule has 196 valence electrons. The molecule has 2 aromatic carbocycles. The highest BCUT2D eigenvalue weighted by atomic mass is 16.3. The molecule has 0 aromatic heterocycles. The molecule has 1 unspecified atom stereocenters. The smallest absolute Gasteiger partial charge is 0.130 e. The number of rotatable bonds is 4. The Labute approximate surface area is 216 Å². The minimum absolute atomic E-state index is 0.0529. The van der Waals surface area contributed by atoms with Crippen molar-refractivity contribution in [3.8, 4) is 0 Å². The van der Waals surface area contributed by atoms with Crippen molar-refractivity contribution in [2.75, 3.05) is 0 Å². The number of benzene rings is 2. The maximum Gasteiger partial charge on any atom is 0.130 e. The summed E-state index contributed by atoms with van der Waals surface area (Å²) >= 11 is 0. The standard InChI is InChI=1S/C33H53NO/c1-21(2)28(34)33(35,26-17-22(29(3,4)5)15-23(18-26)30(6,7)8)27-19-24(31(9,10)11)16-25(20-27)32(12,13)14/h15-21,28,35H,34H2,1-14H3. The van der Waals surface area contributed by atoms with Gasteiger partial charge in [0.25, 0.3) is 0 Å². The maximum absolute atomic E-state index is 12.8. The third-order valence-corrected chi connectivity index (χ3v) is 7.41. The van der Waals surface area contributed by atoms with Crippen molar-refractivity contribution in [2.24, 2.45) is 11.7 Å². The van der Waals surface area contributed by atoms with Crippen LogP contribution < -0.4 is 5.73 Å². The van der Waals surface area contributed by atoms with Gasteiger partial charge in [-0.25, -0.2) is 0 Å². The molecule has 0 saturated heterocycles. The minimum Gasteiger partial charge on any atom is -0.379 e. The Morgan fingerprint density at radius 2 is 0.686 bits per heavy atom. The second-order valence-electron chi connectivity index (χ2n) is 15.1. The molecular formula is C33H53NO. The highest BCUT2D eigenvalue weighted by Gasteiger charge is 2.42. The number of nitrogens with two attached hydrogens (primary N) is 1. The number of hydrogen-bond donors (Lipinski definition) is 2. The summed E-state index contributed by atoms with van der Waals surface area (Å²) in [6, 6.07) is 12.9. The molecule has 0 fully saturated rings. The van der Waals surface area contributed by atoms with Crippen molar-refractivity contribution in [1.29, 1.82) is 0 Å². The fraction of sp³-hybridized carbons (Fsp3) is 0.636. The van der Waals surface area contributed by atoms with Gasteiger partial charge in [0.1, 0.15) is 5.60 Å². The summed E-state index contributed by atoms with van der Waals surface area (Å²) in [5.41, 5.74) is 12.1. The minimum atomic E-state index is -1.32. The molecule has 2 rings (SSSR count). The van der Waals surface area contributed by atoms with Crippen molar-refractivity contribution in [3.05, 3.63) is 69.8 Å². The monoisotopic (exact) mass is 479 g/mol. The molecule has 0 aliphatic carbocycles. The number of hydrogen-bond acceptors (Lipinski definition) is 2. The molecule has 2 aromatic rings. The van der Waals surface area contributed by atoms with Crippen LogP contribution in [0.2, 0.25) is 0 Å². The van der Waals surface area contributed by atoms with Crippen LogP contribution in [0.4, 0.5) is 0 Å². The maximum atomic E-state index is 12.8. The SMILES string of the molecule is CC(C)C(N)C(O)(c1cc(C(C)(C)C)cc(C(C)(C)C)c1)c1cc(C(C)(C)C)cc(C(C)(C)C)c1. The zero-order valence-corrected chi connectivity index (χ0v) is 25.1. The fourth-order valence-corrected chi connectivity index (χ4v) is 4.46. The van der Waals surface area contributed by atoms with Crippen molar-refractivity contribution >= 4 is 0 Å². The molecule has 0 amide bonds. The summed E-state index contributed by atoms with van der Waals surface area (Å²) < 4.78 is 0. The Morgan fingerprint density at radius 3 is 0.857 bits per heavy atom.